The van der Waals surface area contributed by atoms with Crippen molar-refractivity contribution in [2.45, 2.75) is 38.8 Å². The summed E-state index contributed by atoms with van der Waals surface area (Å²) < 4.78 is 2.20. The lowest BCUT2D eigenvalue weighted by molar-refractivity contribution is 0.447. The van der Waals surface area contributed by atoms with Crippen molar-refractivity contribution in [3.63, 3.8) is 0 Å². The lowest BCUT2D eigenvalue weighted by Crippen LogP contribution is -2.12. The minimum Gasteiger partial charge on any atom is -0.334 e. The number of nitrogens with zero attached hydrogens (tertiary/aromatic N) is 2. The Balaban J connectivity index is 1.99. The second-order valence-electron chi connectivity index (χ2n) is 3.85. The Morgan fingerprint density at radius 1 is 1.46 bits per heavy atom. The van der Waals surface area contributed by atoms with Crippen LogP contribution in [0.4, 0.5) is 0 Å². The van der Waals surface area contributed by atoms with Gasteiger partial charge < -0.3 is 10.3 Å². The predicted octanol–water partition coefficient (Wildman–Crippen LogP) is 1.53. The highest BCUT2D eigenvalue weighted by Crippen LogP contribution is 2.26. The fraction of sp³-hybridized carbons (Fsp3) is 0.700. The summed E-state index contributed by atoms with van der Waals surface area (Å²) in [6, 6.07) is 0. The highest BCUT2D eigenvalue weighted by Gasteiger charge is 2.16. The van der Waals surface area contributed by atoms with E-state index in [-0.39, 0.29) is 0 Å². The maximum absolute atomic E-state index is 5.59. The molecule has 2 N–H and O–H groups in total. The topological polar surface area (TPSA) is 43.8 Å². The first-order chi connectivity index (χ1) is 6.40. The number of hydrogen-bond acceptors (Lipinski definition) is 2. The van der Waals surface area contributed by atoms with Crippen LogP contribution in [0.15, 0.2) is 12.4 Å². The van der Waals surface area contributed by atoms with Crippen molar-refractivity contribution < 1.29 is 0 Å². The molecule has 1 aromatic rings. The molecule has 0 saturated heterocycles. The van der Waals surface area contributed by atoms with Gasteiger partial charge >= 0.3 is 0 Å². The molecular weight excluding hydrogens is 162 g/mol. The van der Waals surface area contributed by atoms with E-state index in [1.807, 2.05) is 12.4 Å². The standard InChI is InChI=1S/C10H17N3/c11-7-10-12-5-6-13(10)8-9-3-1-2-4-9/h5-6,9H,1-4,7-8,11H2. The Morgan fingerprint density at radius 3 is 2.92 bits per heavy atom. The maximum Gasteiger partial charge on any atom is 0.122 e. The summed E-state index contributed by atoms with van der Waals surface area (Å²) in [5, 5.41) is 0. The molecule has 1 aliphatic rings. The van der Waals surface area contributed by atoms with Crippen molar-refractivity contribution >= 4 is 0 Å². The molecule has 0 amide bonds. The Hall–Kier alpha value is -0.830. The molecule has 3 heteroatoms. The van der Waals surface area contributed by atoms with Crippen LogP contribution in [-0.4, -0.2) is 9.55 Å². The molecule has 0 spiro atoms. The van der Waals surface area contributed by atoms with Crippen LogP contribution >= 0.6 is 0 Å². The SMILES string of the molecule is NCc1nccn1CC1CCCC1. The van der Waals surface area contributed by atoms with Crippen LogP contribution in [0.5, 0.6) is 0 Å². The second-order valence-corrected chi connectivity index (χ2v) is 3.85. The summed E-state index contributed by atoms with van der Waals surface area (Å²) in [4.78, 5) is 4.21. The molecule has 0 aliphatic heterocycles. The smallest absolute Gasteiger partial charge is 0.122 e. The van der Waals surface area contributed by atoms with Crippen LogP contribution in [0.25, 0.3) is 0 Å². The van der Waals surface area contributed by atoms with E-state index in [9.17, 15) is 0 Å². The van der Waals surface area contributed by atoms with E-state index in [1.54, 1.807) is 0 Å². The van der Waals surface area contributed by atoms with Crippen LogP contribution < -0.4 is 5.73 Å². The average Bonchev–Trinajstić information content (AvgIpc) is 2.76. The number of aromatic nitrogens is 2. The summed E-state index contributed by atoms with van der Waals surface area (Å²) in [6.45, 7) is 1.67. The molecule has 0 atom stereocenters. The van der Waals surface area contributed by atoms with Crippen LogP contribution in [0.3, 0.4) is 0 Å². The zero-order valence-electron chi connectivity index (χ0n) is 7.95. The lowest BCUT2D eigenvalue weighted by Gasteiger charge is -2.11. The third kappa shape index (κ3) is 1.91. The molecule has 0 bridgehead atoms. The Morgan fingerprint density at radius 2 is 2.23 bits per heavy atom. The third-order valence-electron chi connectivity index (χ3n) is 2.91. The normalized spacial score (nSPS) is 18.2. The predicted molar refractivity (Wildman–Crippen MR) is 52.1 cm³/mol. The third-order valence-corrected chi connectivity index (χ3v) is 2.91. The molecule has 0 unspecified atom stereocenters. The van der Waals surface area contributed by atoms with Crippen LogP contribution in [0, 0.1) is 5.92 Å². The van der Waals surface area contributed by atoms with Crippen molar-refractivity contribution in [1.29, 1.82) is 0 Å². The van der Waals surface area contributed by atoms with Crippen LogP contribution in [0.2, 0.25) is 0 Å². The molecule has 1 heterocycles. The van der Waals surface area contributed by atoms with Gasteiger partial charge in [-0.25, -0.2) is 4.98 Å². The average molecular weight is 179 g/mol. The van der Waals surface area contributed by atoms with Gasteiger partial charge in [0.1, 0.15) is 5.82 Å². The van der Waals surface area contributed by atoms with Gasteiger partial charge in [-0.3, -0.25) is 0 Å². The number of nitrogens with two attached hydrogens (primary N) is 1. The van der Waals surface area contributed by atoms with Gasteiger partial charge in [0.25, 0.3) is 0 Å². The molecule has 1 aliphatic carbocycles. The van der Waals surface area contributed by atoms with Gasteiger partial charge in [0.05, 0.1) is 6.54 Å². The van der Waals surface area contributed by atoms with Gasteiger partial charge in [0.2, 0.25) is 0 Å². The Labute approximate surface area is 79.0 Å². The quantitative estimate of drug-likeness (QED) is 0.764. The van der Waals surface area contributed by atoms with Gasteiger partial charge in [0, 0.05) is 18.9 Å². The summed E-state index contributed by atoms with van der Waals surface area (Å²) in [7, 11) is 0. The molecule has 72 valence electrons. The first kappa shape index (κ1) is 8.75. The zero-order chi connectivity index (χ0) is 9.10. The van der Waals surface area contributed by atoms with E-state index in [0.717, 1.165) is 18.3 Å². The molecule has 1 aromatic heterocycles. The van der Waals surface area contributed by atoms with Gasteiger partial charge in [-0.15, -0.1) is 0 Å². The minimum atomic E-state index is 0.555. The van der Waals surface area contributed by atoms with Crippen LogP contribution in [0.1, 0.15) is 31.5 Å². The highest BCUT2D eigenvalue weighted by atomic mass is 15.1. The van der Waals surface area contributed by atoms with E-state index in [0.29, 0.717) is 6.54 Å². The first-order valence-corrected chi connectivity index (χ1v) is 5.10. The van der Waals surface area contributed by atoms with E-state index in [1.165, 1.54) is 25.7 Å². The van der Waals surface area contributed by atoms with E-state index < -0.39 is 0 Å². The van der Waals surface area contributed by atoms with E-state index in [4.69, 9.17) is 5.73 Å². The minimum absolute atomic E-state index is 0.555. The summed E-state index contributed by atoms with van der Waals surface area (Å²) in [5.41, 5.74) is 5.59. The van der Waals surface area contributed by atoms with Gasteiger partial charge in [0.15, 0.2) is 0 Å². The van der Waals surface area contributed by atoms with Crippen molar-refractivity contribution in [1.82, 2.24) is 9.55 Å². The fourth-order valence-electron chi connectivity index (χ4n) is 2.17. The highest BCUT2D eigenvalue weighted by molar-refractivity contribution is 4.92. The number of imidazole rings is 1. The van der Waals surface area contributed by atoms with Crippen molar-refractivity contribution in [3.8, 4) is 0 Å². The van der Waals surface area contributed by atoms with Gasteiger partial charge in [-0.05, 0) is 18.8 Å². The number of hydrogen-bond donors (Lipinski definition) is 1. The molecule has 1 fully saturated rings. The monoisotopic (exact) mass is 179 g/mol. The van der Waals surface area contributed by atoms with Crippen LogP contribution in [-0.2, 0) is 13.1 Å². The molecule has 1 saturated carbocycles. The van der Waals surface area contributed by atoms with Crippen molar-refractivity contribution in [2.75, 3.05) is 0 Å². The molecule has 13 heavy (non-hydrogen) atoms. The Kier molecular flexibility index (Phi) is 2.64. The van der Waals surface area contributed by atoms with Gasteiger partial charge in [-0.2, -0.15) is 0 Å². The molecule has 2 rings (SSSR count). The van der Waals surface area contributed by atoms with Crippen molar-refractivity contribution in [3.05, 3.63) is 18.2 Å². The Bertz CT molecular complexity index is 261. The molecule has 0 radical (unpaired) electrons. The fourth-order valence-corrected chi connectivity index (χ4v) is 2.17. The summed E-state index contributed by atoms with van der Waals surface area (Å²) >= 11 is 0. The van der Waals surface area contributed by atoms with E-state index in [2.05, 4.69) is 9.55 Å². The lowest BCUT2D eigenvalue weighted by atomic mass is 10.1. The van der Waals surface area contributed by atoms with E-state index >= 15 is 0 Å². The number of rotatable bonds is 3. The zero-order valence-corrected chi connectivity index (χ0v) is 7.95. The molecule has 3 nitrogen and oxygen atoms in total. The molecule has 0 aromatic carbocycles. The summed E-state index contributed by atoms with van der Waals surface area (Å²) in [5.74, 6) is 1.88. The second kappa shape index (κ2) is 3.92. The maximum atomic E-state index is 5.59. The molecular formula is C10H17N3. The largest absolute Gasteiger partial charge is 0.334 e. The van der Waals surface area contributed by atoms with Crippen molar-refractivity contribution in [2.24, 2.45) is 11.7 Å². The summed E-state index contributed by atoms with van der Waals surface area (Å²) in [6.07, 6.45) is 9.44. The first-order valence-electron chi connectivity index (χ1n) is 5.10. The van der Waals surface area contributed by atoms with Gasteiger partial charge in [-0.1, -0.05) is 12.8 Å².